The molecule has 0 aliphatic heterocycles. The second-order valence-corrected chi connectivity index (χ2v) is 2.63. The molecule has 14 heavy (non-hydrogen) atoms. The molecule has 0 aliphatic rings. The summed E-state index contributed by atoms with van der Waals surface area (Å²) in [5.41, 5.74) is 0.905. The molecule has 1 amide bonds. The first-order valence-electron chi connectivity index (χ1n) is 4.29. The summed E-state index contributed by atoms with van der Waals surface area (Å²) in [6.07, 6.45) is -0.521. The first-order valence-corrected chi connectivity index (χ1v) is 4.29. The largest absolute Gasteiger partial charge is 0.445 e. The predicted molar refractivity (Wildman–Crippen MR) is 50.6 cm³/mol. The van der Waals surface area contributed by atoms with Crippen LogP contribution in [-0.2, 0) is 11.3 Å². The number of aliphatic hydroxyl groups is 1. The lowest BCUT2D eigenvalue weighted by molar-refractivity contribution is 0.137. The number of ether oxygens (including phenoxy) is 1. The monoisotopic (exact) mass is 194 g/mol. The van der Waals surface area contributed by atoms with Gasteiger partial charge in [-0.05, 0) is 11.6 Å². The van der Waals surface area contributed by atoms with Gasteiger partial charge < -0.3 is 15.2 Å². The summed E-state index contributed by atoms with van der Waals surface area (Å²) in [4.78, 5) is 10.9. The molecule has 0 saturated carbocycles. The molecule has 0 saturated heterocycles. The van der Waals surface area contributed by atoms with Crippen LogP contribution < -0.4 is 5.32 Å². The number of carbonyl (C=O) groups excluding carboxylic acids is 1. The zero-order valence-electron chi connectivity index (χ0n) is 7.69. The maximum absolute atomic E-state index is 10.9. The number of amides is 1. The molecule has 75 valence electrons. The van der Waals surface area contributed by atoms with Gasteiger partial charge in [-0.25, -0.2) is 4.79 Å². The summed E-state index contributed by atoms with van der Waals surface area (Å²) < 4.78 is 4.86. The summed E-state index contributed by atoms with van der Waals surface area (Å²) in [6, 6.07) is 10.0. The Balaban J connectivity index is 2.24. The first-order chi connectivity index (χ1) is 6.83. The average molecular weight is 194 g/mol. The number of alkyl carbamates (subject to hydrolysis) is 1. The average Bonchev–Trinajstić information content (AvgIpc) is 2.25. The minimum absolute atomic E-state index is 0.0879. The minimum atomic E-state index is -0.521. The maximum Gasteiger partial charge on any atom is 0.407 e. The standard InChI is InChI=1S/C10H12NO3/c12-7-6-11-10(13)14-8-9-4-2-1-3-5-9/h2-5,12H,6-8H2,(H,11,13). The molecule has 0 bridgehead atoms. The molecule has 4 nitrogen and oxygen atoms in total. The second kappa shape index (κ2) is 5.99. The summed E-state index contributed by atoms with van der Waals surface area (Å²) in [5, 5.41) is 10.8. The molecule has 1 aromatic rings. The molecule has 1 aromatic carbocycles. The third-order valence-corrected chi connectivity index (χ3v) is 1.54. The lowest BCUT2D eigenvalue weighted by atomic mass is 10.2. The number of benzene rings is 1. The van der Waals surface area contributed by atoms with Crippen LogP contribution in [0.2, 0.25) is 0 Å². The van der Waals surface area contributed by atoms with Crippen LogP contribution in [0.1, 0.15) is 5.56 Å². The van der Waals surface area contributed by atoms with Crippen LogP contribution in [0.25, 0.3) is 0 Å². The van der Waals surface area contributed by atoms with E-state index < -0.39 is 6.09 Å². The lowest BCUT2D eigenvalue weighted by Crippen LogP contribution is -2.26. The Labute approximate surface area is 82.5 Å². The van der Waals surface area contributed by atoms with Gasteiger partial charge >= 0.3 is 6.09 Å². The fourth-order valence-corrected chi connectivity index (χ4v) is 0.876. The smallest absolute Gasteiger partial charge is 0.407 e. The molecule has 0 unspecified atom stereocenters. The van der Waals surface area contributed by atoms with Gasteiger partial charge in [-0.2, -0.15) is 0 Å². The highest BCUT2D eigenvalue weighted by Crippen LogP contribution is 1.99. The third-order valence-electron chi connectivity index (χ3n) is 1.54. The summed E-state index contributed by atoms with van der Waals surface area (Å²) in [7, 11) is 0. The third kappa shape index (κ3) is 3.91. The quantitative estimate of drug-likeness (QED) is 0.742. The molecular weight excluding hydrogens is 182 g/mol. The number of hydrogen-bond acceptors (Lipinski definition) is 3. The number of hydrogen-bond donors (Lipinski definition) is 2. The number of carbonyl (C=O) groups is 1. The van der Waals surface area contributed by atoms with Gasteiger partial charge in [-0.1, -0.05) is 24.3 Å². The molecule has 0 aromatic heterocycles. The van der Waals surface area contributed by atoms with Gasteiger partial charge in [-0.15, -0.1) is 0 Å². The minimum Gasteiger partial charge on any atom is -0.445 e. The van der Waals surface area contributed by atoms with Crippen LogP contribution in [0, 0.1) is 6.07 Å². The first kappa shape index (κ1) is 10.5. The highest BCUT2D eigenvalue weighted by atomic mass is 16.5. The Bertz CT molecular complexity index is 274. The molecule has 0 spiro atoms. The molecule has 4 heteroatoms. The van der Waals surface area contributed by atoms with E-state index in [0.717, 1.165) is 5.56 Å². The fraction of sp³-hybridized carbons (Fsp3) is 0.300. The zero-order chi connectivity index (χ0) is 10.2. The molecule has 2 N–H and O–H groups in total. The van der Waals surface area contributed by atoms with Gasteiger partial charge in [0, 0.05) is 6.54 Å². The van der Waals surface area contributed by atoms with E-state index in [2.05, 4.69) is 11.4 Å². The van der Waals surface area contributed by atoms with E-state index >= 15 is 0 Å². The van der Waals surface area contributed by atoms with Gasteiger partial charge in [-0.3, -0.25) is 0 Å². The Kier molecular flexibility index (Phi) is 4.50. The molecule has 0 fully saturated rings. The van der Waals surface area contributed by atoms with Crippen LogP contribution >= 0.6 is 0 Å². The van der Waals surface area contributed by atoms with Crippen molar-refractivity contribution < 1.29 is 14.6 Å². The summed E-state index contributed by atoms with van der Waals surface area (Å²) >= 11 is 0. The second-order valence-electron chi connectivity index (χ2n) is 2.63. The molecule has 1 rings (SSSR count). The van der Waals surface area contributed by atoms with Gasteiger partial charge in [0.1, 0.15) is 6.61 Å². The number of aliphatic hydroxyl groups excluding tert-OH is 1. The van der Waals surface area contributed by atoms with Crippen molar-refractivity contribution in [1.82, 2.24) is 5.32 Å². The maximum atomic E-state index is 10.9. The SMILES string of the molecule is O=C(NCCO)OCc1cc[c]cc1. The van der Waals surface area contributed by atoms with Crippen LogP contribution in [0.3, 0.4) is 0 Å². The fourth-order valence-electron chi connectivity index (χ4n) is 0.876. The van der Waals surface area contributed by atoms with Crippen molar-refractivity contribution in [2.24, 2.45) is 0 Å². The molecule has 0 heterocycles. The van der Waals surface area contributed by atoms with Crippen molar-refractivity contribution in [2.45, 2.75) is 6.61 Å². The van der Waals surface area contributed by atoms with Gasteiger partial charge in [0.15, 0.2) is 0 Å². The normalized spacial score (nSPS) is 9.50. The van der Waals surface area contributed by atoms with Crippen molar-refractivity contribution >= 4 is 6.09 Å². The molecule has 1 radical (unpaired) electrons. The highest BCUT2D eigenvalue weighted by molar-refractivity contribution is 5.67. The van der Waals surface area contributed by atoms with Crippen LogP contribution in [0.15, 0.2) is 24.3 Å². The van der Waals surface area contributed by atoms with E-state index in [9.17, 15) is 4.79 Å². The van der Waals surface area contributed by atoms with E-state index in [-0.39, 0.29) is 19.8 Å². The van der Waals surface area contributed by atoms with Crippen LogP contribution in [0.4, 0.5) is 4.79 Å². The van der Waals surface area contributed by atoms with E-state index in [1.165, 1.54) is 0 Å². The van der Waals surface area contributed by atoms with E-state index in [4.69, 9.17) is 9.84 Å². The van der Waals surface area contributed by atoms with Gasteiger partial charge in [0.25, 0.3) is 0 Å². The van der Waals surface area contributed by atoms with Crippen LogP contribution in [0.5, 0.6) is 0 Å². The van der Waals surface area contributed by atoms with Gasteiger partial charge in [0.2, 0.25) is 0 Å². The molecule has 0 atom stereocenters. The topological polar surface area (TPSA) is 58.6 Å². The summed E-state index contributed by atoms with van der Waals surface area (Å²) in [6.45, 7) is 0.350. The van der Waals surface area contributed by atoms with E-state index in [0.29, 0.717) is 0 Å². The van der Waals surface area contributed by atoms with Crippen molar-refractivity contribution in [3.63, 3.8) is 0 Å². The summed E-state index contributed by atoms with van der Waals surface area (Å²) in [5.74, 6) is 0. The Morgan fingerprint density at radius 3 is 2.86 bits per heavy atom. The lowest BCUT2D eigenvalue weighted by Gasteiger charge is -2.05. The van der Waals surface area contributed by atoms with Gasteiger partial charge in [0.05, 0.1) is 6.61 Å². The van der Waals surface area contributed by atoms with E-state index in [1.54, 1.807) is 12.1 Å². The molecular formula is C10H12NO3. The Hall–Kier alpha value is -1.55. The number of nitrogens with one attached hydrogen (secondary N) is 1. The number of rotatable bonds is 4. The van der Waals surface area contributed by atoms with Crippen LogP contribution in [-0.4, -0.2) is 24.4 Å². The van der Waals surface area contributed by atoms with Crippen molar-refractivity contribution in [3.05, 3.63) is 35.9 Å². The zero-order valence-corrected chi connectivity index (χ0v) is 7.69. The van der Waals surface area contributed by atoms with Crippen molar-refractivity contribution in [3.8, 4) is 0 Å². The highest BCUT2D eigenvalue weighted by Gasteiger charge is 2.00. The van der Waals surface area contributed by atoms with Crippen molar-refractivity contribution in [2.75, 3.05) is 13.2 Å². The van der Waals surface area contributed by atoms with Crippen molar-refractivity contribution in [1.29, 1.82) is 0 Å². The van der Waals surface area contributed by atoms with E-state index in [1.807, 2.05) is 12.1 Å². The Morgan fingerprint density at radius 2 is 2.21 bits per heavy atom. The molecule has 0 aliphatic carbocycles. The predicted octanol–water partition coefficient (Wildman–Crippen LogP) is 0.705. The Morgan fingerprint density at radius 1 is 1.50 bits per heavy atom.